The van der Waals surface area contributed by atoms with E-state index < -0.39 is 0 Å². The van der Waals surface area contributed by atoms with Crippen molar-refractivity contribution in [2.24, 2.45) is 0 Å². The number of nitrogens with one attached hydrogen (secondary N) is 2. The molecule has 0 unspecified atom stereocenters. The Morgan fingerprint density at radius 1 is 1.26 bits per heavy atom. The van der Waals surface area contributed by atoms with Gasteiger partial charge in [0, 0.05) is 18.2 Å². The van der Waals surface area contributed by atoms with Crippen LogP contribution < -0.4 is 10.6 Å². The number of rotatable bonds is 5. The minimum atomic E-state index is -0.251. The third-order valence-electron chi connectivity index (χ3n) is 2.39. The molecule has 0 aliphatic carbocycles. The molecule has 0 fully saturated rings. The first-order chi connectivity index (χ1) is 9.15. The standard InChI is InChI=1S/C13H16FN5/c1-9(2)17-12-8-16-19-13(18-12)15-7-10-5-3-4-6-11(10)14/h3-6,8-9H,7H2,1-2H3,(H2,15,17,18,19). The van der Waals surface area contributed by atoms with Gasteiger partial charge in [-0.1, -0.05) is 18.2 Å². The molecule has 0 atom stereocenters. The summed E-state index contributed by atoms with van der Waals surface area (Å²) in [5.41, 5.74) is 0.563. The zero-order valence-corrected chi connectivity index (χ0v) is 10.9. The van der Waals surface area contributed by atoms with Crippen molar-refractivity contribution >= 4 is 11.8 Å². The van der Waals surface area contributed by atoms with Crippen molar-refractivity contribution in [2.75, 3.05) is 10.6 Å². The Labute approximate surface area is 111 Å². The number of aromatic nitrogens is 3. The van der Waals surface area contributed by atoms with Crippen molar-refractivity contribution in [1.29, 1.82) is 0 Å². The van der Waals surface area contributed by atoms with Gasteiger partial charge >= 0.3 is 0 Å². The van der Waals surface area contributed by atoms with Crippen molar-refractivity contribution in [1.82, 2.24) is 15.2 Å². The van der Waals surface area contributed by atoms with E-state index in [1.165, 1.54) is 6.07 Å². The summed E-state index contributed by atoms with van der Waals surface area (Å²) in [6.07, 6.45) is 1.55. The Morgan fingerprint density at radius 3 is 2.79 bits per heavy atom. The van der Waals surface area contributed by atoms with Crippen LogP contribution in [0.5, 0.6) is 0 Å². The van der Waals surface area contributed by atoms with Crippen molar-refractivity contribution in [3.63, 3.8) is 0 Å². The Hall–Kier alpha value is -2.24. The highest BCUT2D eigenvalue weighted by Crippen LogP contribution is 2.09. The Bertz CT molecular complexity index is 544. The number of benzene rings is 1. The molecule has 1 aromatic carbocycles. The normalized spacial score (nSPS) is 10.5. The van der Waals surface area contributed by atoms with Crippen LogP contribution in [0.3, 0.4) is 0 Å². The Kier molecular flexibility index (Phi) is 4.22. The fourth-order valence-electron chi connectivity index (χ4n) is 1.56. The summed E-state index contributed by atoms with van der Waals surface area (Å²) in [7, 11) is 0. The van der Waals surface area contributed by atoms with Crippen molar-refractivity contribution in [3.8, 4) is 0 Å². The zero-order chi connectivity index (χ0) is 13.7. The molecule has 0 amide bonds. The number of hydrogen-bond donors (Lipinski definition) is 2. The molecule has 6 heteroatoms. The van der Waals surface area contributed by atoms with Crippen LogP contribution in [0.1, 0.15) is 19.4 Å². The third-order valence-corrected chi connectivity index (χ3v) is 2.39. The second kappa shape index (κ2) is 6.08. The first-order valence-corrected chi connectivity index (χ1v) is 6.08. The molecule has 100 valence electrons. The van der Waals surface area contributed by atoms with Gasteiger partial charge in [0.25, 0.3) is 0 Å². The summed E-state index contributed by atoms with van der Waals surface area (Å²) < 4.78 is 13.4. The van der Waals surface area contributed by atoms with Gasteiger partial charge in [0.1, 0.15) is 5.82 Å². The third kappa shape index (κ3) is 3.87. The summed E-state index contributed by atoms with van der Waals surface area (Å²) in [5.74, 6) is 0.759. The van der Waals surface area contributed by atoms with Gasteiger partial charge in [0.2, 0.25) is 5.95 Å². The van der Waals surface area contributed by atoms with Gasteiger partial charge < -0.3 is 10.6 Å². The monoisotopic (exact) mass is 261 g/mol. The molecule has 0 saturated heterocycles. The highest BCUT2D eigenvalue weighted by atomic mass is 19.1. The molecule has 0 saturated carbocycles. The van der Waals surface area contributed by atoms with E-state index in [0.29, 0.717) is 23.9 Å². The summed E-state index contributed by atoms with van der Waals surface area (Å²) >= 11 is 0. The van der Waals surface area contributed by atoms with E-state index in [1.807, 2.05) is 13.8 Å². The molecule has 1 heterocycles. The van der Waals surface area contributed by atoms with E-state index in [0.717, 1.165) is 0 Å². The van der Waals surface area contributed by atoms with Crippen molar-refractivity contribution in [3.05, 3.63) is 41.8 Å². The predicted octanol–water partition coefficient (Wildman–Crippen LogP) is 2.44. The number of nitrogens with zero attached hydrogens (tertiary/aromatic N) is 3. The maximum absolute atomic E-state index is 13.4. The second-order valence-corrected chi connectivity index (χ2v) is 4.41. The zero-order valence-electron chi connectivity index (χ0n) is 10.9. The summed E-state index contributed by atoms with van der Waals surface area (Å²) in [4.78, 5) is 4.24. The van der Waals surface area contributed by atoms with Gasteiger partial charge in [0.15, 0.2) is 5.82 Å². The van der Waals surface area contributed by atoms with Crippen LogP contribution in [0.2, 0.25) is 0 Å². The van der Waals surface area contributed by atoms with E-state index >= 15 is 0 Å². The molecule has 0 bridgehead atoms. The van der Waals surface area contributed by atoms with Crippen LogP contribution in [-0.2, 0) is 6.54 Å². The Morgan fingerprint density at radius 2 is 2.05 bits per heavy atom. The summed E-state index contributed by atoms with van der Waals surface area (Å²) in [6, 6.07) is 6.84. The fourth-order valence-corrected chi connectivity index (χ4v) is 1.56. The highest BCUT2D eigenvalue weighted by Gasteiger charge is 2.04. The minimum Gasteiger partial charge on any atom is -0.366 e. The largest absolute Gasteiger partial charge is 0.366 e. The van der Waals surface area contributed by atoms with E-state index in [9.17, 15) is 4.39 Å². The van der Waals surface area contributed by atoms with E-state index in [1.54, 1.807) is 24.4 Å². The lowest BCUT2D eigenvalue weighted by atomic mass is 10.2. The van der Waals surface area contributed by atoms with Crippen molar-refractivity contribution < 1.29 is 4.39 Å². The average Bonchev–Trinajstić information content (AvgIpc) is 2.37. The quantitative estimate of drug-likeness (QED) is 0.865. The smallest absolute Gasteiger partial charge is 0.244 e. The molecule has 2 aromatic rings. The van der Waals surface area contributed by atoms with E-state index in [2.05, 4.69) is 25.8 Å². The van der Waals surface area contributed by atoms with Gasteiger partial charge in [0.05, 0.1) is 6.20 Å². The van der Waals surface area contributed by atoms with E-state index in [-0.39, 0.29) is 11.9 Å². The molecule has 5 nitrogen and oxygen atoms in total. The molecule has 0 spiro atoms. The molecule has 0 aliphatic heterocycles. The van der Waals surface area contributed by atoms with Crippen LogP contribution in [0.15, 0.2) is 30.5 Å². The topological polar surface area (TPSA) is 62.7 Å². The molecule has 0 radical (unpaired) electrons. The maximum atomic E-state index is 13.4. The maximum Gasteiger partial charge on any atom is 0.244 e. The molecule has 1 aromatic heterocycles. The summed E-state index contributed by atoms with van der Waals surface area (Å²) in [5, 5.41) is 13.8. The fraction of sp³-hybridized carbons (Fsp3) is 0.308. The van der Waals surface area contributed by atoms with Gasteiger partial charge in [-0.3, -0.25) is 0 Å². The first kappa shape index (κ1) is 13.2. The average molecular weight is 261 g/mol. The highest BCUT2D eigenvalue weighted by molar-refractivity contribution is 5.38. The lowest BCUT2D eigenvalue weighted by molar-refractivity contribution is 0.612. The van der Waals surface area contributed by atoms with Gasteiger partial charge in [-0.05, 0) is 19.9 Å². The van der Waals surface area contributed by atoms with Crippen LogP contribution in [0.4, 0.5) is 16.2 Å². The van der Waals surface area contributed by atoms with Crippen LogP contribution in [0, 0.1) is 5.82 Å². The van der Waals surface area contributed by atoms with E-state index in [4.69, 9.17) is 0 Å². The van der Waals surface area contributed by atoms with Crippen LogP contribution in [0.25, 0.3) is 0 Å². The SMILES string of the molecule is CC(C)Nc1cnnc(NCc2ccccc2F)n1. The molecular weight excluding hydrogens is 245 g/mol. The van der Waals surface area contributed by atoms with Gasteiger partial charge in [-0.25, -0.2) is 4.39 Å². The number of hydrogen-bond acceptors (Lipinski definition) is 5. The molecular formula is C13H16FN5. The molecule has 2 N–H and O–H groups in total. The summed E-state index contributed by atoms with van der Waals surface area (Å²) in [6.45, 7) is 4.34. The lowest BCUT2D eigenvalue weighted by Gasteiger charge is -2.10. The first-order valence-electron chi connectivity index (χ1n) is 6.08. The Balaban J connectivity index is 2.02. The van der Waals surface area contributed by atoms with Crippen LogP contribution >= 0.6 is 0 Å². The van der Waals surface area contributed by atoms with Gasteiger partial charge in [-0.15, -0.1) is 5.10 Å². The van der Waals surface area contributed by atoms with Gasteiger partial charge in [-0.2, -0.15) is 10.1 Å². The lowest BCUT2D eigenvalue weighted by Crippen LogP contribution is -2.13. The number of halogens is 1. The molecule has 2 rings (SSSR count). The number of anilines is 2. The predicted molar refractivity (Wildman–Crippen MR) is 72.3 cm³/mol. The molecule has 0 aliphatic rings. The van der Waals surface area contributed by atoms with Crippen LogP contribution in [-0.4, -0.2) is 21.2 Å². The molecule has 19 heavy (non-hydrogen) atoms. The second-order valence-electron chi connectivity index (χ2n) is 4.41. The van der Waals surface area contributed by atoms with Crippen molar-refractivity contribution in [2.45, 2.75) is 26.4 Å². The minimum absolute atomic E-state index is 0.251.